The average Bonchev–Trinajstić information content (AvgIpc) is 2.76. The van der Waals surface area contributed by atoms with Crippen LogP contribution in [0.25, 0.3) is 0 Å². The van der Waals surface area contributed by atoms with E-state index >= 15 is 0 Å². The van der Waals surface area contributed by atoms with Gasteiger partial charge in [0.2, 0.25) is 5.91 Å². The van der Waals surface area contributed by atoms with Gasteiger partial charge in [0.05, 0.1) is 10.9 Å². The first-order valence-electron chi connectivity index (χ1n) is 6.41. The summed E-state index contributed by atoms with van der Waals surface area (Å²) in [7, 11) is 0. The topological polar surface area (TPSA) is 33.2 Å². The Morgan fingerprint density at radius 2 is 2.10 bits per heavy atom. The van der Waals surface area contributed by atoms with Gasteiger partial charge in [0, 0.05) is 24.0 Å². The lowest BCUT2D eigenvalue weighted by Gasteiger charge is -2.24. The van der Waals surface area contributed by atoms with Crippen LogP contribution in [-0.4, -0.2) is 16.1 Å². The maximum Gasteiger partial charge on any atom is 0.241 e. The van der Waals surface area contributed by atoms with E-state index in [-0.39, 0.29) is 22.2 Å². The summed E-state index contributed by atoms with van der Waals surface area (Å²) in [5.74, 6) is -1.60. The number of hydrogen-bond donors (Lipinski definition) is 0. The van der Waals surface area contributed by atoms with Crippen molar-refractivity contribution in [1.82, 2.24) is 4.98 Å². The van der Waals surface area contributed by atoms with Gasteiger partial charge in [0.15, 0.2) is 0 Å². The lowest BCUT2D eigenvalue weighted by Crippen LogP contribution is -2.31. The molecule has 21 heavy (non-hydrogen) atoms. The number of aromatic nitrogens is 1. The van der Waals surface area contributed by atoms with Gasteiger partial charge in [-0.1, -0.05) is 6.07 Å². The number of halogens is 2. The summed E-state index contributed by atoms with van der Waals surface area (Å²) in [4.78, 5) is 17.8. The Balaban J connectivity index is 2.06. The van der Waals surface area contributed by atoms with E-state index in [9.17, 15) is 13.6 Å². The van der Waals surface area contributed by atoms with Crippen LogP contribution in [0, 0.1) is 11.6 Å². The summed E-state index contributed by atoms with van der Waals surface area (Å²) in [5.41, 5.74) is 0.899. The number of hydrogen-bond acceptors (Lipinski definition) is 3. The molecular formula is C15H12F2N2OS. The lowest BCUT2D eigenvalue weighted by atomic mass is 10.2. The van der Waals surface area contributed by atoms with E-state index in [4.69, 9.17) is 0 Å². The van der Waals surface area contributed by atoms with Crippen LogP contribution in [0.1, 0.15) is 17.9 Å². The Kier molecular flexibility index (Phi) is 3.63. The molecule has 0 saturated carbocycles. The number of carbonyl (C=O) groups is 1. The van der Waals surface area contributed by atoms with Gasteiger partial charge in [-0.3, -0.25) is 14.7 Å². The Hall–Kier alpha value is -1.95. The fourth-order valence-corrected chi connectivity index (χ4v) is 3.55. The molecule has 0 aliphatic carbocycles. The molecule has 1 aliphatic rings. The Morgan fingerprint density at radius 3 is 2.76 bits per heavy atom. The second-order valence-electron chi connectivity index (χ2n) is 4.72. The quantitative estimate of drug-likeness (QED) is 0.851. The van der Waals surface area contributed by atoms with Crippen molar-refractivity contribution in [2.75, 3.05) is 4.90 Å². The summed E-state index contributed by atoms with van der Waals surface area (Å²) >= 11 is 1.42. The number of benzene rings is 1. The van der Waals surface area contributed by atoms with Crippen LogP contribution >= 0.6 is 11.8 Å². The van der Waals surface area contributed by atoms with Gasteiger partial charge in [-0.15, -0.1) is 11.8 Å². The fraction of sp³-hybridized carbons (Fsp3) is 0.200. The minimum atomic E-state index is -0.744. The van der Waals surface area contributed by atoms with E-state index in [0.717, 1.165) is 17.7 Å². The molecule has 0 radical (unpaired) electrons. The third-order valence-electron chi connectivity index (χ3n) is 3.29. The molecular weight excluding hydrogens is 294 g/mol. The third-order valence-corrected chi connectivity index (χ3v) is 4.64. The first kappa shape index (κ1) is 14.0. The maximum atomic E-state index is 14.0. The zero-order valence-corrected chi connectivity index (χ0v) is 12.0. The van der Waals surface area contributed by atoms with Crippen molar-refractivity contribution in [3.05, 3.63) is 59.9 Å². The number of nitrogens with zero attached hydrogens (tertiary/aromatic N) is 2. The first-order chi connectivity index (χ1) is 10.1. The summed E-state index contributed by atoms with van der Waals surface area (Å²) in [5, 5.41) is -0.652. The number of pyridine rings is 1. The smallest absolute Gasteiger partial charge is 0.241 e. The van der Waals surface area contributed by atoms with Crippen LogP contribution in [0.5, 0.6) is 0 Å². The molecule has 6 heteroatoms. The first-order valence-corrected chi connectivity index (χ1v) is 7.35. The van der Waals surface area contributed by atoms with Crippen LogP contribution in [0.15, 0.2) is 42.7 Å². The molecule has 1 saturated heterocycles. The summed E-state index contributed by atoms with van der Waals surface area (Å²) in [6, 6.07) is 6.84. The molecule has 1 aromatic heterocycles. The SMILES string of the molecule is C[C@@H]1S[C@@H](c2cccnc2)N(c2ccc(F)cc2F)C1=O. The molecule has 1 aromatic carbocycles. The minimum Gasteiger partial charge on any atom is -0.292 e. The van der Waals surface area contributed by atoms with E-state index in [1.807, 2.05) is 6.07 Å². The molecule has 3 nitrogen and oxygen atoms in total. The van der Waals surface area contributed by atoms with E-state index in [1.165, 1.54) is 22.7 Å². The fourth-order valence-electron chi connectivity index (χ4n) is 2.30. The Morgan fingerprint density at radius 1 is 1.29 bits per heavy atom. The van der Waals surface area contributed by atoms with Gasteiger partial charge >= 0.3 is 0 Å². The van der Waals surface area contributed by atoms with Crippen molar-refractivity contribution in [1.29, 1.82) is 0 Å². The summed E-state index contributed by atoms with van der Waals surface area (Å²) < 4.78 is 27.1. The second kappa shape index (κ2) is 5.44. The largest absolute Gasteiger partial charge is 0.292 e. The van der Waals surface area contributed by atoms with Gasteiger partial charge in [-0.25, -0.2) is 8.78 Å². The van der Waals surface area contributed by atoms with E-state index in [1.54, 1.807) is 25.4 Å². The van der Waals surface area contributed by atoms with Gasteiger partial charge in [-0.05, 0) is 25.1 Å². The lowest BCUT2D eigenvalue weighted by molar-refractivity contribution is -0.117. The van der Waals surface area contributed by atoms with Gasteiger partial charge in [0.25, 0.3) is 0 Å². The number of thioether (sulfide) groups is 1. The van der Waals surface area contributed by atoms with Crippen molar-refractivity contribution in [2.24, 2.45) is 0 Å². The molecule has 1 aliphatic heterocycles. The third kappa shape index (κ3) is 2.51. The minimum absolute atomic E-state index is 0.0899. The molecule has 2 atom stereocenters. The predicted molar refractivity (Wildman–Crippen MR) is 77.9 cm³/mol. The van der Waals surface area contributed by atoms with Gasteiger partial charge < -0.3 is 0 Å². The number of amides is 1. The van der Waals surface area contributed by atoms with Crippen LogP contribution in [-0.2, 0) is 4.79 Å². The predicted octanol–water partition coefficient (Wildman–Crippen LogP) is 3.53. The Bertz CT molecular complexity index is 681. The van der Waals surface area contributed by atoms with Crippen molar-refractivity contribution in [2.45, 2.75) is 17.5 Å². The van der Waals surface area contributed by atoms with Crippen molar-refractivity contribution >= 4 is 23.4 Å². The Labute approximate surface area is 125 Å². The number of rotatable bonds is 2. The molecule has 0 bridgehead atoms. The van der Waals surface area contributed by atoms with Crippen LogP contribution in [0.4, 0.5) is 14.5 Å². The van der Waals surface area contributed by atoms with Crippen LogP contribution < -0.4 is 4.90 Å². The molecule has 1 fully saturated rings. The van der Waals surface area contributed by atoms with Crippen LogP contribution in [0.3, 0.4) is 0 Å². The monoisotopic (exact) mass is 306 g/mol. The molecule has 108 valence electrons. The molecule has 3 rings (SSSR count). The molecule has 2 aromatic rings. The van der Waals surface area contributed by atoms with Crippen LogP contribution in [0.2, 0.25) is 0 Å². The molecule has 2 heterocycles. The molecule has 0 unspecified atom stereocenters. The molecule has 1 amide bonds. The van der Waals surface area contributed by atoms with Crippen molar-refractivity contribution in [3.63, 3.8) is 0 Å². The standard InChI is InChI=1S/C15H12F2N2OS/c1-9-14(20)19(13-5-4-11(16)7-12(13)17)15(21-9)10-3-2-6-18-8-10/h2-9,15H,1H3/t9-,15-/m0/s1. The highest BCUT2D eigenvalue weighted by atomic mass is 32.2. The number of carbonyl (C=O) groups excluding carboxylic acids is 1. The van der Waals surface area contributed by atoms with E-state index in [2.05, 4.69) is 4.98 Å². The van der Waals surface area contributed by atoms with Gasteiger partial charge in [0.1, 0.15) is 17.0 Å². The van der Waals surface area contributed by atoms with Gasteiger partial charge in [-0.2, -0.15) is 0 Å². The molecule has 0 N–H and O–H groups in total. The zero-order chi connectivity index (χ0) is 15.0. The van der Waals surface area contributed by atoms with Crippen molar-refractivity contribution in [3.8, 4) is 0 Å². The number of anilines is 1. The van der Waals surface area contributed by atoms with Crippen molar-refractivity contribution < 1.29 is 13.6 Å². The molecule has 0 spiro atoms. The van der Waals surface area contributed by atoms with E-state index < -0.39 is 11.6 Å². The summed E-state index contributed by atoms with van der Waals surface area (Å²) in [6.07, 6.45) is 3.29. The normalized spacial score (nSPS) is 21.9. The zero-order valence-electron chi connectivity index (χ0n) is 11.2. The second-order valence-corrected chi connectivity index (χ2v) is 6.15. The maximum absolute atomic E-state index is 14.0. The highest BCUT2D eigenvalue weighted by molar-refractivity contribution is 8.01. The summed E-state index contributed by atoms with van der Waals surface area (Å²) in [6.45, 7) is 1.78. The average molecular weight is 306 g/mol. The highest BCUT2D eigenvalue weighted by Crippen LogP contribution is 2.45. The highest BCUT2D eigenvalue weighted by Gasteiger charge is 2.40. The van der Waals surface area contributed by atoms with E-state index in [0.29, 0.717) is 0 Å².